The van der Waals surface area contributed by atoms with Crippen molar-refractivity contribution in [2.24, 2.45) is 0 Å². The van der Waals surface area contributed by atoms with Crippen LogP contribution in [0.25, 0.3) is 0 Å². The summed E-state index contributed by atoms with van der Waals surface area (Å²) in [6.07, 6.45) is 4.07. The van der Waals surface area contributed by atoms with Crippen LogP contribution in [0.4, 0.5) is 5.82 Å². The van der Waals surface area contributed by atoms with Gasteiger partial charge in [-0.2, -0.15) is 0 Å². The van der Waals surface area contributed by atoms with Gasteiger partial charge in [-0.15, -0.1) is 0 Å². The third-order valence-electron chi connectivity index (χ3n) is 4.15. The number of aromatic nitrogens is 1. The van der Waals surface area contributed by atoms with Crippen molar-refractivity contribution < 1.29 is 8.42 Å². The number of anilines is 1. The van der Waals surface area contributed by atoms with Crippen LogP contribution in [-0.2, 0) is 16.6 Å². The Morgan fingerprint density at radius 3 is 2.71 bits per heavy atom. The molecule has 2 aromatic rings. The molecule has 1 N–H and O–H groups in total. The molecule has 2 heterocycles. The second-order valence-electron chi connectivity index (χ2n) is 5.95. The maximum absolute atomic E-state index is 12.5. The van der Waals surface area contributed by atoms with Crippen molar-refractivity contribution in [2.75, 3.05) is 18.0 Å². The van der Waals surface area contributed by atoms with Gasteiger partial charge in [-0.05, 0) is 55.2 Å². The van der Waals surface area contributed by atoms with Crippen LogP contribution < -0.4 is 9.62 Å². The Labute approximate surface area is 147 Å². The molecule has 5 nitrogen and oxygen atoms in total. The normalized spacial score (nSPS) is 15.0. The fourth-order valence-electron chi connectivity index (χ4n) is 2.81. The molecule has 1 saturated heterocycles. The van der Waals surface area contributed by atoms with Crippen molar-refractivity contribution >= 4 is 27.4 Å². The lowest BCUT2D eigenvalue weighted by atomic mass is 10.2. The minimum absolute atomic E-state index is 0.212. The first kappa shape index (κ1) is 17.2. The van der Waals surface area contributed by atoms with Crippen LogP contribution in [0, 0.1) is 6.92 Å². The lowest BCUT2D eigenvalue weighted by Crippen LogP contribution is -2.24. The van der Waals surface area contributed by atoms with Crippen LogP contribution in [0.15, 0.2) is 41.4 Å². The minimum atomic E-state index is -3.61. The van der Waals surface area contributed by atoms with Gasteiger partial charge in [0, 0.05) is 30.9 Å². The molecule has 1 aromatic heterocycles. The van der Waals surface area contributed by atoms with Crippen molar-refractivity contribution in [1.29, 1.82) is 0 Å². The van der Waals surface area contributed by atoms with Crippen LogP contribution in [0.2, 0.25) is 5.02 Å². The molecule has 3 rings (SSSR count). The summed E-state index contributed by atoms with van der Waals surface area (Å²) in [6, 6.07) is 8.63. The summed E-state index contributed by atoms with van der Waals surface area (Å²) in [7, 11) is -3.61. The number of nitrogens with one attached hydrogen (secondary N) is 1. The Morgan fingerprint density at radius 2 is 1.96 bits per heavy atom. The highest BCUT2D eigenvalue weighted by Crippen LogP contribution is 2.21. The van der Waals surface area contributed by atoms with E-state index in [9.17, 15) is 8.42 Å². The molecule has 128 valence electrons. The Hall–Kier alpha value is -1.63. The quantitative estimate of drug-likeness (QED) is 0.884. The Balaban J connectivity index is 1.75. The van der Waals surface area contributed by atoms with E-state index in [1.54, 1.807) is 25.3 Å². The second kappa shape index (κ2) is 7.09. The summed E-state index contributed by atoms with van der Waals surface area (Å²) in [5, 5.41) is 0.404. The van der Waals surface area contributed by atoms with E-state index in [4.69, 9.17) is 11.6 Å². The lowest BCUT2D eigenvalue weighted by Gasteiger charge is -2.17. The van der Waals surface area contributed by atoms with Crippen LogP contribution in [0.5, 0.6) is 0 Å². The largest absolute Gasteiger partial charge is 0.357 e. The van der Waals surface area contributed by atoms with Gasteiger partial charge in [0.05, 0.1) is 4.90 Å². The molecule has 0 spiro atoms. The van der Waals surface area contributed by atoms with Gasteiger partial charge in [0.1, 0.15) is 5.82 Å². The highest BCUT2D eigenvalue weighted by atomic mass is 35.5. The van der Waals surface area contributed by atoms with Gasteiger partial charge in [0.2, 0.25) is 10.0 Å². The number of nitrogens with zero attached hydrogens (tertiary/aromatic N) is 2. The number of pyridine rings is 1. The number of benzene rings is 1. The number of hydrogen-bond donors (Lipinski definition) is 1. The summed E-state index contributed by atoms with van der Waals surface area (Å²) in [6.45, 7) is 3.98. The molecular weight excluding hydrogens is 346 g/mol. The number of hydrogen-bond acceptors (Lipinski definition) is 4. The van der Waals surface area contributed by atoms with E-state index >= 15 is 0 Å². The summed E-state index contributed by atoms with van der Waals surface area (Å²) in [4.78, 5) is 6.81. The molecule has 0 radical (unpaired) electrons. The summed E-state index contributed by atoms with van der Waals surface area (Å²) < 4.78 is 27.7. The van der Waals surface area contributed by atoms with Crippen molar-refractivity contribution in [1.82, 2.24) is 9.71 Å². The monoisotopic (exact) mass is 365 g/mol. The lowest BCUT2D eigenvalue weighted by molar-refractivity contribution is 0.580. The molecule has 0 saturated carbocycles. The van der Waals surface area contributed by atoms with Gasteiger partial charge in [0.15, 0.2) is 0 Å². The number of sulfonamides is 1. The molecule has 7 heteroatoms. The van der Waals surface area contributed by atoms with E-state index in [0.717, 1.165) is 24.5 Å². The first-order valence-electron chi connectivity index (χ1n) is 7.91. The summed E-state index contributed by atoms with van der Waals surface area (Å²) in [5.41, 5.74) is 1.55. The Bertz CT molecular complexity index is 833. The van der Waals surface area contributed by atoms with Gasteiger partial charge in [-0.25, -0.2) is 18.1 Å². The van der Waals surface area contributed by atoms with E-state index in [2.05, 4.69) is 14.6 Å². The number of aryl methyl sites for hydroxylation is 1. The van der Waals surface area contributed by atoms with Crippen molar-refractivity contribution in [3.63, 3.8) is 0 Å². The predicted molar refractivity (Wildman–Crippen MR) is 95.9 cm³/mol. The first-order chi connectivity index (χ1) is 11.5. The van der Waals surface area contributed by atoms with Crippen molar-refractivity contribution in [3.05, 3.63) is 52.7 Å². The smallest absolute Gasteiger partial charge is 0.241 e. The zero-order valence-corrected chi connectivity index (χ0v) is 15.1. The van der Waals surface area contributed by atoms with Gasteiger partial charge < -0.3 is 4.90 Å². The molecule has 0 atom stereocenters. The standard InChI is InChI=1S/C17H20ClN3O2S/c1-13-4-5-15(18)11-16(13)24(22,23)20-12-14-6-7-19-17(10-14)21-8-2-3-9-21/h4-7,10-11,20H,2-3,8-9,12H2,1H3. The van der Waals surface area contributed by atoms with E-state index in [0.29, 0.717) is 10.6 Å². The van der Waals surface area contributed by atoms with Crippen molar-refractivity contribution in [3.8, 4) is 0 Å². The van der Waals surface area contributed by atoms with Crippen LogP contribution >= 0.6 is 11.6 Å². The zero-order chi connectivity index (χ0) is 17.2. The molecule has 1 aliphatic rings. The van der Waals surface area contributed by atoms with Gasteiger partial charge in [0.25, 0.3) is 0 Å². The molecule has 1 aliphatic heterocycles. The Morgan fingerprint density at radius 1 is 1.21 bits per heavy atom. The molecule has 0 bridgehead atoms. The zero-order valence-electron chi connectivity index (χ0n) is 13.5. The highest BCUT2D eigenvalue weighted by molar-refractivity contribution is 7.89. The Kier molecular flexibility index (Phi) is 5.08. The topological polar surface area (TPSA) is 62.3 Å². The fraction of sp³-hybridized carbons (Fsp3) is 0.353. The van der Waals surface area contributed by atoms with Gasteiger partial charge in [-0.1, -0.05) is 17.7 Å². The summed E-state index contributed by atoms with van der Waals surface area (Å²) >= 11 is 5.93. The van der Waals surface area contributed by atoms with Gasteiger partial charge >= 0.3 is 0 Å². The van der Waals surface area contributed by atoms with E-state index in [-0.39, 0.29) is 11.4 Å². The van der Waals surface area contributed by atoms with E-state index in [1.165, 1.54) is 18.9 Å². The molecule has 0 unspecified atom stereocenters. The fourth-order valence-corrected chi connectivity index (χ4v) is 4.33. The molecule has 1 aromatic carbocycles. The SMILES string of the molecule is Cc1ccc(Cl)cc1S(=O)(=O)NCc1ccnc(N2CCCC2)c1. The molecular formula is C17H20ClN3O2S. The maximum atomic E-state index is 12.5. The second-order valence-corrected chi connectivity index (χ2v) is 8.12. The van der Waals surface area contributed by atoms with Crippen LogP contribution in [-0.4, -0.2) is 26.5 Å². The predicted octanol–water partition coefficient (Wildman–Crippen LogP) is 3.12. The molecule has 0 aliphatic carbocycles. The average Bonchev–Trinajstić information content (AvgIpc) is 3.10. The van der Waals surface area contributed by atoms with Crippen LogP contribution in [0.3, 0.4) is 0 Å². The molecule has 1 fully saturated rings. The highest BCUT2D eigenvalue weighted by Gasteiger charge is 2.18. The molecule has 24 heavy (non-hydrogen) atoms. The third kappa shape index (κ3) is 3.88. The van der Waals surface area contributed by atoms with E-state index < -0.39 is 10.0 Å². The molecule has 0 amide bonds. The van der Waals surface area contributed by atoms with E-state index in [1.807, 2.05) is 12.1 Å². The van der Waals surface area contributed by atoms with Gasteiger partial charge in [-0.3, -0.25) is 0 Å². The maximum Gasteiger partial charge on any atom is 0.241 e. The average molecular weight is 366 g/mol. The summed E-state index contributed by atoms with van der Waals surface area (Å²) in [5.74, 6) is 0.906. The minimum Gasteiger partial charge on any atom is -0.357 e. The van der Waals surface area contributed by atoms with Crippen molar-refractivity contribution in [2.45, 2.75) is 31.2 Å². The number of rotatable bonds is 5. The first-order valence-corrected chi connectivity index (χ1v) is 9.77. The third-order valence-corrected chi connectivity index (χ3v) is 5.92. The van der Waals surface area contributed by atoms with Crippen LogP contribution in [0.1, 0.15) is 24.0 Å². The number of halogens is 1.